The van der Waals surface area contributed by atoms with E-state index in [0.717, 1.165) is 31.5 Å². The SMILES string of the molecule is Cc1cccc([N+](=O)[O-])c1NC1CCCNC1. The number of piperidine rings is 1. The second kappa shape index (κ2) is 5.14. The molecular weight excluding hydrogens is 218 g/mol. The van der Waals surface area contributed by atoms with Crippen molar-refractivity contribution >= 4 is 11.4 Å². The number of hydrogen-bond donors (Lipinski definition) is 2. The minimum atomic E-state index is -0.328. The molecule has 2 rings (SSSR count). The average Bonchev–Trinajstić information content (AvgIpc) is 2.33. The highest BCUT2D eigenvalue weighted by atomic mass is 16.6. The number of nitro benzene ring substituents is 1. The molecule has 92 valence electrons. The van der Waals surface area contributed by atoms with E-state index in [0.29, 0.717) is 5.69 Å². The molecule has 0 aliphatic carbocycles. The lowest BCUT2D eigenvalue weighted by atomic mass is 10.1. The maximum absolute atomic E-state index is 11.0. The van der Waals surface area contributed by atoms with Gasteiger partial charge in [-0.15, -0.1) is 0 Å². The molecule has 0 spiro atoms. The molecule has 1 fully saturated rings. The number of rotatable bonds is 3. The number of nitrogens with one attached hydrogen (secondary N) is 2. The Balaban J connectivity index is 2.21. The Bertz CT molecular complexity index is 414. The van der Waals surface area contributed by atoms with Crippen LogP contribution in [0.25, 0.3) is 0 Å². The first-order valence-corrected chi connectivity index (χ1v) is 5.90. The first-order chi connectivity index (χ1) is 8.18. The van der Waals surface area contributed by atoms with Gasteiger partial charge in [-0.05, 0) is 31.9 Å². The third-order valence-electron chi connectivity index (χ3n) is 3.09. The van der Waals surface area contributed by atoms with Crippen molar-refractivity contribution in [2.45, 2.75) is 25.8 Å². The zero-order chi connectivity index (χ0) is 12.3. The molecular formula is C12H17N3O2. The Labute approximate surface area is 100 Å². The van der Waals surface area contributed by atoms with E-state index in [1.54, 1.807) is 12.1 Å². The molecule has 0 radical (unpaired) electrons. The molecule has 1 heterocycles. The molecule has 2 N–H and O–H groups in total. The molecule has 1 atom stereocenters. The van der Waals surface area contributed by atoms with Gasteiger partial charge < -0.3 is 10.6 Å². The van der Waals surface area contributed by atoms with Gasteiger partial charge in [0.15, 0.2) is 0 Å². The molecule has 1 unspecified atom stereocenters. The first kappa shape index (κ1) is 11.9. The lowest BCUT2D eigenvalue weighted by molar-refractivity contribution is -0.384. The topological polar surface area (TPSA) is 67.2 Å². The molecule has 1 saturated heterocycles. The molecule has 0 amide bonds. The molecule has 0 saturated carbocycles. The summed E-state index contributed by atoms with van der Waals surface area (Å²) in [6.45, 7) is 3.80. The highest BCUT2D eigenvalue weighted by molar-refractivity contribution is 5.66. The molecule has 1 aliphatic rings. The summed E-state index contributed by atoms with van der Waals surface area (Å²) in [5.74, 6) is 0. The van der Waals surface area contributed by atoms with Gasteiger partial charge in [-0.3, -0.25) is 10.1 Å². The van der Waals surface area contributed by atoms with Crippen molar-refractivity contribution in [3.05, 3.63) is 33.9 Å². The standard InChI is InChI=1S/C12H17N3O2/c1-9-4-2-6-11(15(16)17)12(9)14-10-5-3-7-13-8-10/h2,4,6,10,13-14H,3,5,7-8H2,1H3. The van der Waals surface area contributed by atoms with Crippen LogP contribution in [-0.2, 0) is 0 Å². The normalized spacial score (nSPS) is 19.9. The number of nitrogens with zero attached hydrogens (tertiary/aromatic N) is 1. The van der Waals surface area contributed by atoms with Crippen LogP contribution in [0.15, 0.2) is 18.2 Å². The van der Waals surface area contributed by atoms with E-state index in [1.807, 2.05) is 13.0 Å². The minimum Gasteiger partial charge on any atom is -0.375 e. The summed E-state index contributed by atoms with van der Waals surface area (Å²) in [6.07, 6.45) is 2.16. The van der Waals surface area contributed by atoms with Gasteiger partial charge in [0.05, 0.1) is 4.92 Å². The van der Waals surface area contributed by atoms with Crippen LogP contribution in [0.1, 0.15) is 18.4 Å². The highest BCUT2D eigenvalue weighted by Gasteiger charge is 2.20. The molecule has 17 heavy (non-hydrogen) atoms. The third kappa shape index (κ3) is 2.74. The van der Waals surface area contributed by atoms with Crippen LogP contribution < -0.4 is 10.6 Å². The average molecular weight is 235 g/mol. The summed E-state index contributed by atoms with van der Waals surface area (Å²) in [5, 5.41) is 17.6. The lowest BCUT2D eigenvalue weighted by Crippen LogP contribution is -2.38. The van der Waals surface area contributed by atoms with Gasteiger partial charge in [0, 0.05) is 18.7 Å². The van der Waals surface area contributed by atoms with Gasteiger partial charge in [0.1, 0.15) is 5.69 Å². The van der Waals surface area contributed by atoms with Gasteiger partial charge in [0.2, 0.25) is 0 Å². The van der Waals surface area contributed by atoms with E-state index in [9.17, 15) is 10.1 Å². The van der Waals surface area contributed by atoms with E-state index in [4.69, 9.17) is 0 Å². The quantitative estimate of drug-likeness (QED) is 0.621. The Hall–Kier alpha value is -1.62. The Morgan fingerprint density at radius 1 is 1.53 bits per heavy atom. The van der Waals surface area contributed by atoms with Crippen molar-refractivity contribution in [2.24, 2.45) is 0 Å². The number of hydrogen-bond acceptors (Lipinski definition) is 4. The van der Waals surface area contributed by atoms with Crippen LogP contribution in [0.3, 0.4) is 0 Å². The highest BCUT2D eigenvalue weighted by Crippen LogP contribution is 2.28. The molecule has 5 nitrogen and oxygen atoms in total. The minimum absolute atomic E-state index is 0.163. The number of benzene rings is 1. The maximum Gasteiger partial charge on any atom is 0.292 e. The van der Waals surface area contributed by atoms with Gasteiger partial charge in [-0.2, -0.15) is 0 Å². The van der Waals surface area contributed by atoms with E-state index in [-0.39, 0.29) is 16.7 Å². The second-order valence-electron chi connectivity index (χ2n) is 4.41. The molecule has 0 aromatic heterocycles. The van der Waals surface area contributed by atoms with E-state index in [2.05, 4.69) is 10.6 Å². The molecule has 5 heteroatoms. The fraction of sp³-hybridized carbons (Fsp3) is 0.500. The predicted molar refractivity (Wildman–Crippen MR) is 67.3 cm³/mol. The first-order valence-electron chi connectivity index (χ1n) is 5.90. The van der Waals surface area contributed by atoms with Gasteiger partial charge >= 0.3 is 0 Å². The summed E-state index contributed by atoms with van der Waals surface area (Å²) in [7, 11) is 0. The van der Waals surface area contributed by atoms with Crippen LogP contribution >= 0.6 is 0 Å². The monoisotopic (exact) mass is 235 g/mol. The molecule has 0 bridgehead atoms. The summed E-state index contributed by atoms with van der Waals surface area (Å²) in [4.78, 5) is 10.6. The Morgan fingerprint density at radius 3 is 3.00 bits per heavy atom. The maximum atomic E-state index is 11.0. The van der Waals surface area contributed by atoms with Gasteiger partial charge in [0.25, 0.3) is 5.69 Å². The number of anilines is 1. The number of nitro groups is 1. The van der Waals surface area contributed by atoms with Crippen molar-refractivity contribution in [3.8, 4) is 0 Å². The van der Waals surface area contributed by atoms with E-state index >= 15 is 0 Å². The summed E-state index contributed by atoms with van der Waals surface area (Å²) < 4.78 is 0. The lowest BCUT2D eigenvalue weighted by Gasteiger charge is -2.25. The zero-order valence-electron chi connectivity index (χ0n) is 9.90. The number of para-hydroxylation sites is 1. The summed E-state index contributed by atoms with van der Waals surface area (Å²) in [6, 6.07) is 5.44. The molecule has 1 aliphatic heterocycles. The molecule has 1 aromatic rings. The van der Waals surface area contributed by atoms with Crippen molar-refractivity contribution in [1.82, 2.24) is 5.32 Å². The zero-order valence-corrected chi connectivity index (χ0v) is 9.90. The summed E-state index contributed by atoms with van der Waals surface area (Å²) in [5.41, 5.74) is 1.74. The van der Waals surface area contributed by atoms with Crippen LogP contribution in [0, 0.1) is 17.0 Å². The van der Waals surface area contributed by atoms with Crippen LogP contribution in [-0.4, -0.2) is 24.1 Å². The van der Waals surface area contributed by atoms with Crippen LogP contribution in [0.4, 0.5) is 11.4 Å². The largest absolute Gasteiger partial charge is 0.375 e. The fourth-order valence-electron chi connectivity index (χ4n) is 2.17. The predicted octanol–water partition coefficient (Wildman–Crippen LogP) is 2.07. The van der Waals surface area contributed by atoms with Crippen molar-refractivity contribution in [3.63, 3.8) is 0 Å². The Kier molecular flexibility index (Phi) is 3.58. The van der Waals surface area contributed by atoms with Crippen molar-refractivity contribution < 1.29 is 4.92 Å². The summed E-state index contributed by atoms with van der Waals surface area (Å²) >= 11 is 0. The van der Waals surface area contributed by atoms with Crippen molar-refractivity contribution in [2.75, 3.05) is 18.4 Å². The number of aryl methyl sites for hydroxylation is 1. The van der Waals surface area contributed by atoms with Gasteiger partial charge in [-0.1, -0.05) is 12.1 Å². The van der Waals surface area contributed by atoms with E-state index in [1.165, 1.54) is 0 Å². The van der Waals surface area contributed by atoms with Crippen molar-refractivity contribution in [1.29, 1.82) is 0 Å². The fourth-order valence-corrected chi connectivity index (χ4v) is 2.17. The smallest absolute Gasteiger partial charge is 0.292 e. The van der Waals surface area contributed by atoms with Crippen LogP contribution in [0.2, 0.25) is 0 Å². The Morgan fingerprint density at radius 2 is 2.35 bits per heavy atom. The van der Waals surface area contributed by atoms with Crippen LogP contribution in [0.5, 0.6) is 0 Å². The molecule has 1 aromatic carbocycles. The third-order valence-corrected chi connectivity index (χ3v) is 3.09. The van der Waals surface area contributed by atoms with E-state index < -0.39 is 0 Å². The van der Waals surface area contributed by atoms with Gasteiger partial charge in [-0.25, -0.2) is 0 Å². The second-order valence-corrected chi connectivity index (χ2v) is 4.41.